The van der Waals surface area contributed by atoms with E-state index in [0.29, 0.717) is 11.2 Å². The monoisotopic (exact) mass is 175 g/mol. The molecule has 8 heavy (non-hydrogen) atoms. The van der Waals surface area contributed by atoms with Crippen molar-refractivity contribution < 1.29 is 0 Å². The molecular weight excluding hydrogens is 166 g/mol. The minimum absolute atomic E-state index is 0.566. The van der Waals surface area contributed by atoms with Gasteiger partial charge in [-0.3, -0.25) is 0 Å². The highest BCUT2D eigenvalue weighted by atomic mass is 79.9. The molecule has 0 aliphatic rings. The van der Waals surface area contributed by atoms with Crippen LogP contribution in [-0.4, -0.2) is 4.83 Å². The first-order chi connectivity index (χ1) is 3.77. The van der Waals surface area contributed by atoms with Gasteiger partial charge >= 0.3 is 0 Å². The van der Waals surface area contributed by atoms with Crippen molar-refractivity contribution in [3.8, 4) is 6.07 Å². The van der Waals surface area contributed by atoms with Crippen molar-refractivity contribution in [1.29, 1.82) is 5.26 Å². The van der Waals surface area contributed by atoms with Gasteiger partial charge in [0, 0.05) is 11.2 Å². The molecule has 46 valence electrons. The molecule has 2 heteroatoms. The van der Waals surface area contributed by atoms with Gasteiger partial charge in [0.1, 0.15) is 0 Å². The van der Waals surface area contributed by atoms with Crippen LogP contribution in [0.4, 0.5) is 0 Å². The highest BCUT2D eigenvalue weighted by Gasteiger charge is 1.92. The molecule has 1 nitrogen and oxygen atoms in total. The molecular formula is C6H10BrN. The molecule has 1 unspecified atom stereocenters. The molecule has 0 radical (unpaired) electrons. The summed E-state index contributed by atoms with van der Waals surface area (Å²) in [7, 11) is 0. The molecule has 0 amide bonds. The third kappa shape index (κ3) is 5.97. The summed E-state index contributed by atoms with van der Waals surface area (Å²) in [6.07, 6.45) is 2.81. The standard InChI is InChI=1S/C6H10BrN/c1-6(7)4-2-3-5-8/h6H,2-4H2,1H3. The quantitative estimate of drug-likeness (QED) is 0.478. The molecule has 0 fully saturated rings. The van der Waals surface area contributed by atoms with E-state index in [1.165, 1.54) is 0 Å². The fourth-order valence-corrected chi connectivity index (χ4v) is 0.786. The number of nitrogens with zero attached hydrogens (tertiary/aromatic N) is 1. The molecule has 0 bridgehead atoms. The largest absolute Gasteiger partial charge is 0.198 e. The van der Waals surface area contributed by atoms with Gasteiger partial charge in [-0.05, 0) is 12.8 Å². The van der Waals surface area contributed by atoms with Crippen LogP contribution in [0.25, 0.3) is 0 Å². The fraction of sp³-hybridized carbons (Fsp3) is 0.833. The Morgan fingerprint density at radius 3 is 2.75 bits per heavy atom. The minimum Gasteiger partial charge on any atom is -0.198 e. The van der Waals surface area contributed by atoms with E-state index in [1.54, 1.807) is 0 Å². The second-order valence-corrected chi connectivity index (χ2v) is 3.39. The van der Waals surface area contributed by atoms with Gasteiger partial charge < -0.3 is 0 Å². The van der Waals surface area contributed by atoms with Gasteiger partial charge in [0.15, 0.2) is 0 Å². The normalized spacial score (nSPS) is 12.6. The smallest absolute Gasteiger partial charge is 0.0621 e. The second kappa shape index (κ2) is 5.11. The molecule has 0 aliphatic carbocycles. The molecule has 0 aliphatic heterocycles. The van der Waals surface area contributed by atoms with Crippen LogP contribution in [0, 0.1) is 11.3 Å². The Labute approximate surface area is 58.8 Å². The van der Waals surface area contributed by atoms with Crippen LogP contribution >= 0.6 is 15.9 Å². The summed E-state index contributed by atoms with van der Waals surface area (Å²) in [6.45, 7) is 2.09. The van der Waals surface area contributed by atoms with Crippen molar-refractivity contribution in [3.05, 3.63) is 0 Å². The predicted molar refractivity (Wildman–Crippen MR) is 37.9 cm³/mol. The van der Waals surface area contributed by atoms with E-state index in [2.05, 4.69) is 28.9 Å². The van der Waals surface area contributed by atoms with E-state index < -0.39 is 0 Å². The average Bonchev–Trinajstić information content (AvgIpc) is 1.66. The molecule has 0 aromatic heterocycles. The third-order valence-corrected chi connectivity index (χ3v) is 1.35. The van der Waals surface area contributed by atoms with Gasteiger partial charge in [-0.15, -0.1) is 0 Å². The van der Waals surface area contributed by atoms with Crippen LogP contribution in [-0.2, 0) is 0 Å². The van der Waals surface area contributed by atoms with Gasteiger partial charge in [-0.1, -0.05) is 22.9 Å². The average molecular weight is 176 g/mol. The molecule has 0 saturated heterocycles. The lowest BCUT2D eigenvalue weighted by Crippen LogP contribution is -1.87. The first-order valence-electron chi connectivity index (χ1n) is 2.78. The van der Waals surface area contributed by atoms with Crippen LogP contribution in [0.2, 0.25) is 0 Å². The highest BCUT2D eigenvalue weighted by Crippen LogP contribution is 2.07. The lowest BCUT2D eigenvalue weighted by atomic mass is 10.2. The molecule has 0 saturated carbocycles. The van der Waals surface area contributed by atoms with Gasteiger partial charge in [-0.2, -0.15) is 5.26 Å². The van der Waals surface area contributed by atoms with Gasteiger partial charge in [-0.25, -0.2) is 0 Å². The Kier molecular flexibility index (Phi) is 5.09. The molecule has 0 aromatic carbocycles. The van der Waals surface area contributed by atoms with Crippen LogP contribution in [0.5, 0.6) is 0 Å². The van der Waals surface area contributed by atoms with Crippen LogP contribution in [0.1, 0.15) is 26.2 Å². The van der Waals surface area contributed by atoms with E-state index in [4.69, 9.17) is 5.26 Å². The summed E-state index contributed by atoms with van der Waals surface area (Å²) in [6, 6.07) is 2.10. The van der Waals surface area contributed by atoms with Crippen molar-refractivity contribution in [2.75, 3.05) is 0 Å². The predicted octanol–water partition coefficient (Wildman–Crippen LogP) is 2.46. The van der Waals surface area contributed by atoms with Gasteiger partial charge in [0.2, 0.25) is 0 Å². The number of alkyl halides is 1. The molecule has 0 rings (SSSR count). The molecule has 0 spiro atoms. The summed E-state index contributed by atoms with van der Waals surface area (Å²) in [5.74, 6) is 0. The third-order valence-electron chi connectivity index (χ3n) is 0.890. The van der Waals surface area contributed by atoms with Crippen molar-refractivity contribution in [2.45, 2.75) is 31.0 Å². The van der Waals surface area contributed by atoms with Crippen molar-refractivity contribution >= 4 is 15.9 Å². The first-order valence-corrected chi connectivity index (χ1v) is 3.70. The zero-order chi connectivity index (χ0) is 6.41. The van der Waals surface area contributed by atoms with Crippen molar-refractivity contribution in [2.24, 2.45) is 0 Å². The number of halogens is 1. The second-order valence-electron chi connectivity index (χ2n) is 1.83. The summed E-state index contributed by atoms with van der Waals surface area (Å²) in [5, 5.41) is 8.11. The number of nitriles is 1. The molecule has 1 atom stereocenters. The number of hydrogen-bond donors (Lipinski definition) is 0. The van der Waals surface area contributed by atoms with Crippen LogP contribution in [0.15, 0.2) is 0 Å². The Hall–Kier alpha value is -0.0300. The number of unbranched alkanes of at least 4 members (excludes halogenated alkanes) is 1. The topological polar surface area (TPSA) is 23.8 Å². The maximum Gasteiger partial charge on any atom is 0.0621 e. The Balaban J connectivity index is 2.85. The molecule has 0 heterocycles. The SMILES string of the molecule is CC(Br)CCCC#N. The Morgan fingerprint density at radius 1 is 1.75 bits per heavy atom. The van der Waals surface area contributed by atoms with E-state index in [-0.39, 0.29) is 0 Å². The van der Waals surface area contributed by atoms with Gasteiger partial charge in [0.05, 0.1) is 6.07 Å². The Morgan fingerprint density at radius 2 is 2.38 bits per heavy atom. The highest BCUT2D eigenvalue weighted by molar-refractivity contribution is 9.09. The molecule has 0 N–H and O–H groups in total. The number of rotatable bonds is 3. The van der Waals surface area contributed by atoms with E-state index in [0.717, 1.165) is 12.8 Å². The summed E-state index contributed by atoms with van der Waals surface area (Å²) >= 11 is 3.40. The van der Waals surface area contributed by atoms with Crippen LogP contribution < -0.4 is 0 Å². The zero-order valence-electron chi connectivity index (χ0n) is 5.02. The lowest BCUT2D eigenvalue weighted by Gasteiger charge is -1.96. The number of hydrogen-bond acceptors (Lipinski definition) is 1. The fourth-order valence-electron chi connectivity index (χ4n) is 0.462. The van der Waals surface area contributed by atoms with E-state index >= 15 is 0 Å². The lowest BCUT2D eigenvalue weighted by molar-refractivity contribution is 0.754. The summed E-state index contributed by atoms with van der Waals surface area (Å²) in [4.78, 5) is 0.566. The van der Waals surface area contributed by atoms with Gasteiger partial charge in [0.25, 0.3) is 0 Å². The first kappa shape index (κ1) is 7.97. The molecule has 0 aromatic rings. The maximum atomic E-state index is 8.11. The van der Waals surface area contributed by atoms with E-state index in [1.807, 2.05) is 0 Å². The summed E-state index contributed by atoms with van der Waals surface area (Å²) < 4.78 is 0. The van der Waals surface area contributed by atoms with Crippen molar-refractivity contribution in [3.63, 3.8) is 0 Å². The van der Waals surface area contributed by atoms with E-state index in [9.17, 15) is 0 Å². The summed E-state index contributed by atoms with van der Waals surface area (Å²) in [5.41, 5.74) is 0. The maximum absolute atomic E-state index is 8.11. The Bertz CT molecular complexity index is 83.0. The minimum atomic E-state index is 0.566. The van der Waals surface area contributed by atoms with Crippen molar-refractivity contribution in [1.82, 2.24) is 0 Å². The zero-order valence-corrected chi connectivity index (χ0v) is 6.61. The van der Waals surface area contributed by atoms with Crippen LogP contribution in [0.3, 0.4) is 0 Å².